The molecule has 2 heterocycles. The molecule has 6 nitrogen and oxygen atoms in total. The molecule has 0 aromatic carbocycles. The molecule has 1 atom stereocenters. The molecule has 2 aromatic heterocycles. The first-order valence-electron chi connectivity index (χ1n) is 6.86. The van der Waals surface area contributed by atoms with E-state index in [2.05, 4.69) is 10.4 Å². The van der Waals surface area contributed by atoms with E-state index in [1.54, 1.807) is 6.07 Å². The van der Waals surface area contributed by atoms with Gasteiger partial charge in [-0.1, -0.05) is 0 Å². The largest absolute Gasteiger partial charge is 0.467 e. The van der Waals surface area contributed by atoms with E-state index in [1.165, 1.54) is 26.2 Å². The maximum atomic E-state index is 13.2. The SMILES string of the molecule is CC(C)n1ncc(C(=O)NCC(O)c2ccco2)c1C(F)(F)F. The molecule has 1 unspecified atom stereocenters. The van der Waals surface area contributed by atoms with Crippen molar-refractivity contribution in [3.63, 3.8) is 0 Å². The van der Waals surface area contributed by atoms with Crippen molar-refractivity contribution < 1.29 is 27.5 Å². The first-order chi connectivity index (χ1) is 10.7. The third kappa shape index (κ3) is 3.73. The van der Waals surface area contributed by atoms with Crippen LogP contribution in [0.2, 0.25) is 0 Å². The summed E-state index contributed by atoms with van der Waals surface area (Å²) in [5.74, 6) is -0.756. The number of furan rings is 1. The van der Waals surface area contributed by atoms with Crippen LogP contribution >= 0.6 is 0 Å². The molecule has 0 saturated carbocycles. The number of alkyl halides is 3. The van der Waals surface area contributed by atoms with E-state index in [-0.39, 0.29) is 12.3 Å². The molecule has 2 aromatic rings. The minimum Gasteiger partial charge on any atom is -0.467 e. The van der Waals surface area contributed by atoms with E-state index < -0.39 is 35.5 Å². The van der Waals surface area contributed by atoms with E-state index in [0.717, 1.165) is 10.9 Å². The molecule has 2 N–H and O–H groups in total. The lowest BCUT2D eigenvalue weighted by Crippen LogP contribution is -2.30. The molecule has 23 heavy (non-hydrogen) atoms. The normalized spacial score (nSPS) is 13.3. The summed E-state index contributed by atoms with van der Waals surface area (Å²) in [6, 6.07) is 2.49. The van der Waals surface area contributed by atoms with Crippen molar-refractivity contribution in [2.75, 3.05) is 6.54 Å². The lowest BCUT2D eigenvalue weighted by Gasteiger charge is -2.15. The number of nitrogens with zero attached hydrogens (tertiary/aromatic N) is 2. The maximum Gasteiger partial charge on any atom is 0.433 e. The number of nitrogens with one attached hydrogen (secondary N) is 1. The van der Waals surface area contributed by atoms with Gasteiger partial charge in [0, 0.05) is 6.04 Å². The number of carbonyl (C=O) groups is 1. The number of carbonyl (C=O) groups excluding carboxylic acids is 1. The second-order valence-electron chi connectivity index (χ2n) is 5.18. The first kappa shape index (κ1) is 17.1. The van der Waals surface area contributed by atoms with Crippen molar-refractivity contribution >= 4 is 5.91 Å². The summed E-state index contributed by atoms with van der Waals surface area (Å²) in [5.41, 5.74) is -1.70. The number of halogens is 3. The van der Waals surface area contributed by atoms with Crippen LogP contribution < -0.4 is 5.32 Å². The van der Waals surface area contributed by atoms with Crippen LogP contribution in [0.25, 0.3) is 0 Å². The van der Waals surface area contributed by atoms with Crippen molar-refractivity contribution in [1.29, 1.82) is 0 Å². The van der Waals surface area contributed by atoms with Crippen molar-refractivity contribution in [2.24, 2.45) is 0 Å². The fourth-order valence-electron chi connectivity index (χ4n) is 2.07. The molecule has 0 spiro atoms. The van der Waals surface area contributed by atoms with Crippen LogP contribution in [0.15, 0.2) is 29.0 Å². The lowest BCUT2D eigenvalue weighted by molar-refractivity contribution is -0.145. The second kappa shape index (κ2) is 6.45. The van der Waals surface area contributed by atoms with Crippen LogP contribution in [-0.2, 0) is 6.18 Å². The highest BCUT2D eigenvalue weighted by Gasteiger charge is 2.40. The van der Waals surface area contributed by atoms with Crippen LogP contribution in [0.3, 0.4) is 0 Å². The average molecular weight is 331 g/mol. The summed E-state index contributed by atoms with van der Waals surface area (Å²) >= 11 is 0. The minimum absolute atomic E-state index is 0.208. The quantitative estimate of drug-likeness (QED) is 0.882. The third-order valence-corrected chi connectivity index (χ3v) is 3.13. The molecule has 0 aliphatic heterocycles. The van der Waals surface area contributed by atoms with Crippen LogP contribution in [0, 0.1) is 0 Å². The fraction of sp³-hybridized carbons (Fsp3) is 0.429. The summed E-state index contributed by atoms with van der Waals surface area (Å²) < 4.78 is 45.2. The highest BCUT2D eigenvalue weighted by atomic mass is 19.4. The number of amides is 1. The standard InChI is InChI=1S/C14H16F3N3O3/c1-8(2)20-12(14(15,16)17)9(6-19-20)13(22)18-7-10(21)11-4-3-5-23-11/h3-6,8,10,21H,7H2,1-2H3,(H,18,22). The number of aromatic nitrogens is 2. The Morgan fingerprint density at radius 1 is 1.48 bits per heavy atom. The Labute approximate surface area is 129 Å². The Hall–Kier alpha value is -2.29. The Balaban J connectivity index is 2.16. The van der Waals surface area contributed by atoms with Gasteiger partial charge in [-0.15, -0.1) is 0 Å². The van der Waals surface area contributed by atoms with Crippen molar-refractivity contribution in [3.8, 4) is 0 Å². The summed E-state index contributed by atoms with van der Waals surface area (Å²) in [6.07, 6.45) is -3.65. The monoisotopic (exact) mass is 331 g/mol. The van der Waals surface area contributed by atoms with Gasteiger partial charge in [0.2, 0.25) is 0 Å². The molecular formula is C14H16F3N3O3. The van der Waals surface area contributed by atoms with E-state index in [1.807, 2.05) is 0 Å². The van der Waals surface area contributed by atoms with E-state index >= 15 is 0 Å². The predicted octanol–water partition coefficient (Wildman–Crippen LogP) is 2.54. The summed E-state index contributed by atoms with van der Waals surface area (Å²) in [4.78, 5) is 12.0. The molecule has 0 saturated heterocycles. The molecule has 9 heteroatoms. The topological polar surface area (TPSA) is 80.3 Å². The summed E-state index contributed by atoms with van der Waals surface area (Å²) in [5, 5.41) is 15.7. The predicted molar refractivity (Wildman–Crippen MR) is 73.6 cm³/mol. The van der Waals surface area contributed by atoms with Gasteiger partial charge in [0.25, 0.3) is 5.91 Å². The molecule has 0 bridgehead atoms. The van der Waals surface area contributed by atoms with Crippen molar-refractivity contribution in [1.82, 2.24) is 15.1 Å². The van der Waals surface area contributed by atoms with Crippen molar-refractivity contribution in [3.05, 3.63) is 41.6 Å². The molecule has 2 rings (SSSR count). The van der Waals surface area contributed by atoms with Gasteiger partial charge >= 0.3 is 6.18 Å². The van der Waals surface area contributed by atoms with Crippen LogP contribution in [0.4, 0.5) is 13.2 Å². The molecule has 1 amide bonds. The van der Waals surface area contributed by atoms with Gasteiger partial charge in [0.1, 0.15) is 11.9 Å². The van der Waals surface area contributed by atoms with Gasteiger partial charge in [-0.25, -0.2) is 0 Å². The Morgan fingerprint density at radius 2 is 2.17 bits per heavy atom. The van der Waals surface area contributed by atoms with Crippen LogP contribution in [0.1, 0.15) is 47.8 Å². The Kier molecular flexibility index (Phi) is 4.79. The number of rotatable bonds is 5. The fourth-order valence-corrected chi connectivity index (χ4v) is 2.07. The zero-order chi connectivity index (χ0) is 17.2. The Bertz CT molecular complexity index is 663. The molecule has 0 fully saturated rings. The van der Waals surface area contributed by atoms with Gasteiger partial charge < -0.3 is 14.8 Å². The molecule has 0 aliphatic rings. The van der Waals surface area contributed by atoms with Crippen molar-refractivity contribution in [2.45, 2.75) is 32.2 Å². The van der Waals surface area contributed by atoms with Crippen LogP contribution in [0.5, 0.6) is 0 Å². The van der Waals surface area contributed by atoms with Gasteiger partial charge in [-0.3, -0.25) is 9.48 Å². The van der Waals surface area contributed by atoms with Gasteiger partial charge in [0.05, 0.1) is 24.6 Å². The number of hydrogen-bond acceptors (Lipinski definition) is 4. The van der Waals surface area contributed by atoms with E-state index in [9.17, 15) is 23.1 Å². The Morgan fingerprint density at radius 3 is 2.70 bits per heavy atom. The highest BCUT2D eigenvalue weighted by Crippen LogP contribution is 2.33. The lowest BCUT2D eigenvalue weighted by atomic mass is 10.2. The number of aliphatic hydroxyl groups is 1. The molecule has 0 radical (unpaired) electrons. The number of aliphatic hydroxyl groups excluding tert-OH is 1. The van der Waals surface area contributed by atoms with Gasteiger partial charge in [0.15, 0.2) is 5.69 Å². The van der Waals surface area contributed by atoms with E-state index in [4.69, 9.17) is 4.42 Å². The average Bonchev–Trinajstić information content (AvgIpc) is 3.11. The number of hydrogen-bond donors (Lipinski definition) is 2. The summed E-state index contributed by atoms with van der Waals surface area (Å²) in [6.45, 7) is 2.78. The molecule has 126 valence electrons. The smallest absolute Gasteiger partial charge is 0.433 e. The van der Waals surface area contributed by atoms with Crippen LogP contribution in [-0.4, -0.2) is 27.3 Å². The maximum absolute atomic E-state index is 13.2. The highest BCUT2D eigenvalue weighted by molar-refractivity contribution is 5.95. The van der Waals surface area contributed by atoms with E-state index in [0.29, 0.717) is 0 Å². The van der Waals surface area contributed by atoms with Gasteiger partial charge in [-0.05, 0) is 26.0 Å². The molecule has 0 aliphatic carbocycles. The third-order valence-electron chi connectivity index (χ3n) is 3.13. The summed E-state index contributed by atoms with van der Waals surface area (Å²) in [7, 11) is 0. The zero-order valence-corrected chi connectivity index (χ0v) is 12.5. The van der Waals surface area contributed by atoms with Gasteiger partial charge in [-0.2, -0.15) is 18.3 Å². The minimum atomic E-state index is -4.72. The second-order valence-corrected chi connectivity index (χ2v) is 5.18. The molecular weight excluding hydrogens is 315 g/mol. The first-order valence-corrected chi connectivity index (χ1v) is 6.86. The zero-order valence-electron chi connectivity index (χ0n) is 12.5.